The molecule has 0 radical (unpaired) electrons. The molecule has 1 aromatic carbocycles. The first-order valence-electron chi connectivity index (χ1n) is 5.15. The van der Waals surface area contributed by atoms with Crippen LogP contribution < -0.4 is 15.4 Å². The highest BCUT2D eigenvalue weighted by atomic mass is 32.2. The molecule has 0 saturated carbocycles. The minimum Gasteiger partial charge on any atom is -0.367 e. The molecule has 2 rings (SSSR count). The van der Waals surface area contributed by atoms with E-state index >= 15 is 0 Å². The van der Waals surface area contributed by atoms with E-state index in [1.165, 1.54) is 12.1 Å². The lowest BCUT2D eigenvalue weighted by molar-refractivity contribution is 0.424. The predicted octanol–water partition coefficient (Wildman–Crippen LogP) is -0.119. The molecule has 0 unspecified atom stereocenters. The molecule has 3 N–H and O–H groups in total. The molecule has 0 spiro atoms. The van der Waals surface area contributed by atoms with E-state index in [9.17, 15) is 12.8 Å². The summed E-state index contributed by atoms with van der Waals surface area (Å²) >= 11 is 0. The van der Waals surface area contributed by atoms with E-state index in [4.69, 9.17) is 5.14 Å². The fourth-order valence-electron chi connectivity index (χ4n) is 1.69. The zero-order valence-corrected chi connectivity index (χ0v) is 10.2. The lowest BCUT2D eigenvalue weighted by atomic mass is 10.1. The topological polar surface area (TPSA) is 75.4 Å². The van der Waals surface area contributed by atoms with E-state index in [0.717, 1.165) is 19.2 Å². The molecule has 1 fully saturated rings. The third kappa shape index (κ3) is 2.41. The maximum Gasteiger partial charge on any atom is 0.238 e. The predicted molar refractivity (Wildman–Crippen MR) is 62.8 cm³/mol. The molecule has 0 aromatic heterocycles. The lowest BCUT2D eigenvalue weighted by Gasteiger charge is -2.37. The van der Waals surface area contributed by atoms with Crippen LogP contribution in [0.5, 0.6) is 0 Å². The standard InChI is InChI=1S/C10H14FN3O2S/c1-14(7-5-13-6-7)10-3-2-8(4-9(10)11)17(12,15)16/h2-4,7,13H,5-6H2,1H3,(H2,12,15,16). The molecule has 0 aliphatic carbocycles. The van der Waals surface area contributed by atoms with Gasteiger partial charge in [-0.15, -0.1) is 0 Å². The fraction of sp³-hybridized carbons (Fsp3) is 0.400. The Morgan fingerprint density at radius 2 is 2.12 bits per heavy atom. The second-order valence-electron chi connectivity index (χ2n) is 4.08. The summed E-state index contributed by atoms with van der Waals surface area (Å²) in [5, 5.41) is 8.02. The van der Waals surface area contributed by atoms with Gasteiger partial charge in [-0.25, -0.2) is 17.9 Å². The Hall–Kier alpha value is -1.18. The average molecular weight is 259 g/mol. The SMILES string of the molecule is CN(c1ccc(S(N)(=O)=O)cc1F)C1CNC1. The van der Waals surface area contributed by atoms with Gasteiger partial charge in [0.25, 0.3) is 0 Å². The van der Waals surface area contributed by atoms with E-state index in [2.05, 4.69) is 5.32 Å². The third-order valence-electron chi connectivity index (χ3n) is 2.94. The van der Waals surface area contributed by atoms with Gasteiger partial charge >= 0.3 is 0 Å². The Bertz CT molecular complexity index is 528. The molecule has 94 valence electrons. The highest BCUT2D eigenvalue weighted by Crippen LogP contribution is 2.23. The smallest absolute Gasteiger partial charge is 0.238 e. The monoisotopic (exact) mass is 259 g/mol. The van der Waals surface area contributed by atoms with Crippen LogP contribution >= 0.6 is 0 Å². The van der Waals surface area contributed by atoms with Crippen LogP contribution in [0.3, 0.4) is 0 Å². The van der Waals surface area contributed by atoms with Gasteiger partial charge in [0.15, 0.2) is 0 Å². The summed E-state index contributed by atoms with van der Waals surface area (Å²) in [5.41, 5.74) is 0.379. The number of primary sulfonamides is 1. The van der Waals surface area contributed by atoms with Crippen molar-refractivity contribution in [3.8, 4) is 0 Å². The van der Waals surface area contributed by atoms with Gasteiger partial charge in [0.1, 0.15) is 5.82 Å². The summed E-state index contributed by atoms with van der Waals surface area (Å²) in [6, 6.07) is 3.95. The van der Waals surface area contributed by atoms with Gasteiger partial charge in [0.05, 0.1) is 16.6 Å². The Morgan fingerprint density at radius 3 is 2.53 bits per heavy atom. The molecular weight excluding hydrogens is 245 g/mol. The molecule has 7 heteroatoms. The number of nitrogens with two attached hydrogens (primary N) is 1. The second kappa shape index (κ2) is 4.25. The van der Waals surface area contributed by atoms with Crippen LogP contribution in [0.1, 0.15) is 0 Å². The first-order valence-corrected chi connectivity index (χ1v) is 6.70. The zero-order chi connectivity index (χ0) is 12.6. The number of benzene rings is 1. The molecule has 17 heavy (non-hydrogen) atoms. The number of halogens is 1. The number of likely N-dealkylation sites (N-methyl/N-ethyl adjacent to an activating group) is 1. The number of hydrogen-bond acceptors (Lipinski definition) is 4. The summed E-state index contributed by atoms with van der Waals surface area (Å²) in [6.45, 7) is 1.60. The maximum atomic E-state index is 13.8. The number of sulfonamides is 1. The van der Waals surface area contributed by atoms with E-state index in [0.29, 0.717) is 5.69 Å². The van der Waals surface area contributed by atoms with Crippen molar-refractivity contribution in [3.05, 3.63) is 24.0 Å². The van der Waals surface area contributed by atoms with Crippen LogP contribution in [-0.2, 0) is 10.0 Å². The second-order valence-corrected chi connectivity index (χ2v) is 5.64. The van der Waals surface area contributed by atoms with Crippen molar-refractivity contribution in [1.82, 2.24) is 5.32 Å². The van der Waals surface area contributed by atoms with Crippen molar-refractivity contribution >= 4 is 15.7 Å². The zero-order valence-electron chi connectivity index (χ0n) is 9.35. The average Bonchev–Trinajstić information content (AvgIpc) is 2.12. The van der Waals surface area contributed by atoms with E-state index in [1.54, 1.807) is 11.9 Å². The van der Waals surface area contributed by atoms with Crippen LogP contribution in [0.2, 0.25) is 0 Å². The Kier molecular flexibility index (Phi) is 3.07. The van der Waals surface area contributed by atoms with Gasteiger partial charge in [0, 0.05) is 20.1 Å². The van der Waals surface area contributed by atoms with Gasteiger partial charge in [0.2, 0.25) is 10.0 Å². The highest BCUT2D eigenvalue weighted by molar-refractivity contribution is 7.89. The van der Waals surface area contributed by atoms with Crippen LogP contribution in [0, 0.1) is 5.82 Å². The molecule has 1 aromatic rings. The highest BCUT2D eigenvalue weighted by Gasteiger charge is 2.24. The number of anilines is 1. The fourth-order valence-corrected chi connectivity index (χ4v) is 2.22. The Balaban J connectivity index is 2.31. The van der Waals surface area contributed by atoms with Crippen molar-refractivity contribution in [2.45, 2.75) is 10.9 Å². The van der Waals surface area contributed by atoms with Crippen molar-refractivity contribution < 1.29 is 12.8 Å². The van der Waals surface area contributed by atoms with Crippen molar-refractivity contribution in [3.63, 3.8) is 0 Å². The van der Waals surface area contributed by atoms with Gasteiger partial charge in [-0.05, 0) is 18.2 Å². The minimum atomic E-state index is -3.85. The van der Waals surface area contributed by atoms with Crippen molar-refractivity contribution in [2.75, 3.05) is 25.0 Å². The van der Waals surface area contributed by atoms with Crippen LogP contribution in [0.4, 0.5) is 10.1 Å². The maximum absolute atomic E-state index is 13.8. The van der Waals surface area contributed by atoms with Crippen molar-refractivity contribution in [2.24, 2.45) is 5.14 Å². The van der Waals surface area contributed by atoms with Gasteiger partial charge in [-0.2, -0.15) is 0 Å². The molecule has 1 saturated heterocycles. The van der Waals surface area contributed by atoms with Gasteiger partial charge in [-0.1, -0.05) is 0 Å². The largest absolute Gasteiger partial charge is 0.367 e. The molecule has 0 atom stereocenters. The number of rotatable bonds is 3. The van der Waals surface area contributed by atoms with Crippen molar-refractivity contribution in [1.29, 1.82) is 0 Å². The quantitative estimate of drug-likeness (QED) is 0.793. The first-order chi connectivity index (χ1) is 7.89. The Morgan fingerprint density at radius 1 is 1.47 bits per heavy atom. The summed E-state index contributed by atoms with van der Waals surface area (Å²) < 4.78 is 35.9. The minimum absolute atomic E-state index is 0.209. The summed E-state index contributed by atoms with van der Waals surface area (Å²) in [7, 11) is -2.07. The normalized spacial score (nSPS) is 16.6. The Labute approximate surface area is 99.5 Å². The van der Waals surface area contributed by atoms with E-state index in [-0.39, 0.29) is 10.9 Å². The van der Waals surface area contributed by atoms with E-state index in [1.807, 2.05) is 0 Å². The molecular formula is C10H14FN3O2S. The third-order valence-corrected chi connectivity index (χ3v) is 3.85. The van der Waals surface area contributed by atoms with Gasteiger partial charge in [-0.3, -0.25) is 0 Å². The van der Waals surface area contributed by atoms with Crippen LogP contribution in [0.15, 0.2) is 23.1 Å². The summed E-state index contributed by atoms with van der Waals surface area (Å²) in [5.74, 6) is -0.578. The van der Waals surface area contributed by atoms with Crippen LogP contribution in [0.25, 0.3) is 0 Å². The summed E-state index contributed by atoms with van der Waals surface area (Å²) in [6.07, 6.45) is 0. The molecule has 0 amide bonds. The lowest BCUT2D eigenvalue weighted by Crippen LogP contribution is -2.56. The van der Waals surface area contributed by atoms with E-state index < -0.39 is 15.8 Å². The first kappa shape index (κ1) is 12.3. The molecule has 5 nitrogen and oxygen atoms in total. The molecule has 1 aliphatic heterocycles. The number of hydrogen-bond donors (Lipinski definition) is 2. The number of nitrogens with zero attached hydrogens (tertiary/aromatic N) is 1. The summed E-state index contributed by atoms with van der Waals surface area (Å²) in [4.78, 5) is 1.58. The van der Waals surface area contributed by atoms with Crippen LogP contribution in [-0.4, -0.2) is 34.6 Å². The molecule has 1 aliphatic rings. The molecule has 1 heterocycles. The number of nitrogens with one attached hydrogen (secondary N) is 1. The molecule has 0 bridgehead atoms. The van der Waals surface area contributed by atoms with Gasteiger partial charge < -0.3 is 10.2 Å².